The largest absolute Gasteiger partial charge is 0.394 e. The van der Waals surface area contributed by atoms with Crippen LogP contribution in [0, 0.1) is 0 Å². The predicted molar refractivity (Wildman–Crippen MR) is 265 cm³/mol. The van der Waals surface area contributed by atoms with Crippen LogP contribution >= 0.6 is 0 Å². The summed E-state index contributed by atoms with van der Waals surface area (Å²) in [5.41, 5.74) is 0. The van der Waals surface area contributed by atoms with E-state index in [4.69, 9.17) is 9.47 Å². The zero-order chi connectivity index (χ0) is 47.6. The van der Waals surface area contributed by atoms with Gasteiger partial charge in [0, 0.05) is 0 Å². The minimum Gasteiger partial charge on any atom is -0.394 e. The minimum atomic E-state index is -1.67. The van der Waals surface area contributed by atoms with E-state index >= 15 is 0 Å². The molecule has 65 heavy (non-hydrogen) atoms. The van der Waals surface area contributed by atoms with E-state index in [9.17, 15) is 40.5 Å². The number of ether oxygens (including phenoxy) is 2. The average molecular weight is 924 g/mol. The Morgan fingerprint density at radius 1 is 0.523 bits per heavy atom. The van der Waals surface area contributed by atoms with Crippen molar-refractivity contribution < 1.29 is 50.0 Å². The molecule has 1 fully saturated rings. The number of amides is 1. The van der Waals surface area contributed by atoms with Gasteiger partial charge in [-0.15, -0.1) is 0 Å². The van der Waals surface area contributed by atoms with E-state index < -0.39 is 74.2 Å². The van der Waals surface area contributed by atoms with E-state index in [0.29, 0.717) is 19.3 Å². The van der Waals surface area contributed by atoms with Gasteiger partial charge in [0.1, 0.15) is 36.6 Å². The molecule has 8 N–H and O–H groups in total. The summed E-state index contributed by atoms with van der Waals surface area (Å²) in [6, 6.07) is -1.19. The highest BCUT2D eigenvalue weighted by atomic mass is 16.7. The van der Waals surface area contributed by atoms with Gasteiger partial charge in [-0.2, -0.15) is 0 Å². The molecule has 0 spiro atoms. The molecule has 0 aromatic carbocycles. The van der Waals surface area contributed by atoms with Crippen LogP contribution in [0.4, 0.5) is 0 Å². The maximum Gasteiger partial charge on any atom is 0.249 e. The number of hydrogen-bond donors (Lipinski definition) is 8. The highest BCUT2D eigenvalue weighted by Crippen LogP contribution is 2.23. The fourth-order valence-corrected chi connectivity index (χ4v) is 8.45. The molecule has 0 saturated carbocycles. The molecule has 11 heteroatoms. The summed E-state index contributed by atoms with van der Waals surface area (Å²) in [4.78, 5) is 13.1. The van der Waals surface area contributed by atoms with Crippen molar-refractivity contribution in [2.24, 2.45) is 0 Å². The molecule has 1 rings (SSSR count). The monoisotopic (exact) mass is 924 g/mol. The second-order valence-corrected chi connectivity index (χ2v) is 18.9. The fourth-order valence-electron chi connectivity index (χ4n) is 8.45. The Morgan fingerprint density at radius 3 is 1.38 bits per heavy atom. The summed E-state index contributed by atoms with van der Waals surface area (Å²) in [5.74, 6) is -0.716. The number of hydrogen-bond acceptors (Lipinski definition) is 10. The van der Waals surface area contributed by atoms with Crippen LogP contribution in [0.5, 0.6) is 0 Å². The number of aliphatic hydroxyl groups excluding tert-OH is 7. The van der Waals surface area contributed by atoms with Crippen molar-refractivity contribution in [3.8, 4) is 0 Å². The number of aliphatic hydroxyl groups is 7. The number of rotatable bonds is 45. The molecule has 0 aromatic heterocycles. The van der Waals surface area contributed by atoms with Crippen LogP contribution in [0.1, 0.15) is 232 Å². The van der Waals surface area contributed by atoms with Crippen molar-refractivity contribution in [3.63, 3.8) is 0 Å². The number of carbonyl (C=O) groups excluding carboxylic acids is 1. The molecule has 1 aliphatic heterocycles. The van der Waals surface area contributed by atoms with Crippen molar-refractivity contribution in [3.05, 3.63) is 36.5 Å². The Bertz CT molecular complexity index is 1150. The first-order valence-electron chi connectivity index (χ1n) is 26.9. The standard InChI is InChI=1S/C54H101NO10/c1-3-5-7-9-11-13-15-17-19-20-21-22-23-24-25-26-27-28-30-31-33-35-37-39-41-46(57)49(59)45(44-64-54-52(62)51(61)50(60)48(43-56)65-54)55-53(63)47(58)42-40-38-36-34-32-29-18-16-14-12-10-8-6-4-2/h14,16,27-28,33,35,45-52,54,56-62H,3-13,15,17-26,29-32,34,36-44H2,1-2H3,(H,55,63)/b16-14-,28-27+,35-33+. The van der Waals surface area contributed by atoms with Gasteiger partial charge >= 0.3 is 0 Å². The summed E-state index contributed by atoms with van der Waals surface area (Å²) >= 11 is 0. The number of nitrogens with one attached hydrogen (secondary N) is 1. The van der Waals surface area contributed by atoms with E-state index in [1.807, 2.05) is 0 Å². The van der Waals surface area contributed by atoms with Crippen LogP contribution in [0.25, 0.3) is 0 Å². The van der Waals surface area contributed by atoms with Crippen LogP contribution in [0.3, 0.4) is 0 Å². The second-order valence-electron chi connectivity index (χ2n) is 18.9. The van der Waals surface area contributed by atoms with Crippen LogP contribution < -0.4 is 5.32 Å². The van der Waals surface area contributed by atoms with E-state index in [-0.39, 0.29) is 12.8 Å². The molecule has 1 amide bonds. The lowest BCUT2D eigenvalue weighted by molar-refractivity contribution is -0.303. The minimum absolute atomic E-state index is 0.243. The first-order valence-corrected chi connectivity index (χ1v) is 26.9. The molecule has 9 atom stereocenters. The average Bonchev–Trinajstić information content (AvgIpc) is 3.31. The van der Waals surface area contributed by atoms with Crippen molar-refractivity contribution in [2.75, 3.05) is 13.2 Å². The van der Waals surface area contributed by atoms with Crippen molar-refractivity contribution in [1.82, 2.24) is 5.32 Å². The van der Waals surface area contributed by atoms with Gasteiger partial charge in [0.15, 0.2) is 6.29 Å². The lowest BCUT2D eigenvalue weighted by Gasteiger charge is -2.40. The molecule has 382 valence electrons. The predicted octanol–water partition coefficient (Wildman–Crippen LogP) is 10.3. The van der Waals surface area contributed by atoms with E-state index in [2.05, 4.69) is 55.6 Å². The first-order chi connectivity index (χ1) is 31.7. The van der Waals surface area contributed by atoms with Crippen molar-refractivity contribution in [1.29, 1.82) is 0 Å². The Morgan fingerprint density at radius 2 is 0.923 bits per heavy atom. The van der Waals surface area contributed by atoms with Crippen LogP contribution in [-0.4, -0.2) is 110 Å². The smallest absolute Gasteiger partial charge is 0.249 e. The summed E-state index contributed by atoms with van der Waals surface area (Å²) in [6.07, 6.45) is 40.6. The summed E-state index contributed by atoms with van der Waals surface area (Å²) < 4.78 is 11.1. The zero-order valence-corrected chi connectivity index (χ0v) is 41.5. The van der Waals surface area contributed by atoms with Crippen LogP contribution in [0.15, 0.2) is 36.5 Å². The molecule has 1 heterocycles. The van der Waals surface area contributed by atoms with Gasteiger partial charge in [-0.1, -0.05) is 192 Å². The summed E-state index contributed by atoms with van der Waals surface area (Å²) in [7, 11) is 0. The Kier molecular flexibility index (Phi) is 41.1. The molecular formula is C54H101NO10. The van der Waals surface area contributed by atoms with Gasteiger partial charge in [0.25, 0.3) is 0 Å². The Balaban J connectivity index is 2.38. The lowest BCUT2D eigenvalue weighted by Crippen LogP contribution is -2.60. The van der Waals surface area contributed by atoms with E-state index in [1.165, 1.54) is 122 Å². The SMILES string of the molecule is CCCCCC/C=C\CCCCCCCCC(O)C(=O)NC(COC1OC(CO)C(O)C(O)C1O)C(O)C(O)CCC/C=C/CC/C=C/CCCCCCCCCCCCCCCCC. The maximum absolute atomic E-state index is 13.1. The van der Waals surface area contributed by atoms with Crippen molar-refractivity contribution >= 4 is 5.91 Å². The Hall–Kier alpha value is -1.67. The normalized spacial score (nSPS) is 21.2. The number of unbranched alkanes of at least 4 members (excludes halogenated alkanes) is 27. The van der Waals surface area contributed by atoms with Gasteiger partial charge in [0.05, 0.1) is 25.4 Å². The molecule has 0 bridgehead atoms. The highest BCUT2D eigenvalue weighted by molar-refractivity contribution is 5.80. The summed E-state index contributed by atoms with van der Waals surface area (Å²) in [5, 5.41) is 75.9. The van der Waals surface area contributed by atoms with Crippen LogP contribution in [-0.2, 0) is 14.3 Å². The quantitative estimate of drug-likeness (QED) is 0.0216. The van der Waals surface area contributed by atoms with E-state index in [0.717, 1.165) is 64.2 Å². The topological polar surface area (TPSA) is 189 Å². The molecule has 11 nitrogen and oxygen atoms in total. The first kappa shape index (κ1) is 61.3. The fraction of sp³-hybridized carbons (Fsp3) is 0.870. The number of carbonyl (C=O) groups is 1. The highest BCUT2D eigenvalue weighted by Gasteiger charge is 2.44. The lowest BCUT2D eigenvalue weighted by atomic mass is 9.98. The maximum atomic E-state index is 13.1. The van der Waals surface area contributed by atoms with Gasteiger partial charge in [-0.25, -0.2) is 0 Å². The molecule has 1 saturated heterocycles. The van der Waals surface area contributed by atoms with Crippen LogP contribution in [0.2, 0.25) is 0 Å². The van der Waals surface area contributed by atoms with Gasteiger partial charge in [0.2, 0.25) is 5.91 Å². The van der Waals surface area contributed by atoms with E-state index in [1.54, 1.807) is 0 Å². The zero-order valence-electron chi connectivity index (χ0n) is 41.5. The van der Waals surface area contributed by atoms with Gasteiger partial charge < -0.3 is 50.5 Å². The third-order valence-corrected chi connectivity index (χ3v) is 12.9. The summed E-state index contributed by atoms with van der Waals surface area (Å²) in [6.45, 7) is 3.42. The van der Waals surface area contributed by atoms with Gasteiger partial charge in [-0.05, 0) is 77.0 Å². The molecule has 0 aromatic rings. The van der Waals surface area contributed by atoms with Crippen molar-refractivity contribution in [2.45, 2.75) is 287 Å². The molecule has 0 radical (unpaired) electrons. The molecule has 1 aliphatic rings. The molecule has 9 unspecified atom stereocenters. The Labute approximate surface area is 397 Å². The third kappa shape index (κ3) is 32.7. The molecule has 0 aliphatic carbocycles. The molecular weight excluding hydrogens is 823 g/mol. The number of allylic oxidation sites excluding steroid dienone is 6. The second kappa shape index (κ2) is 43.6. The third-order valence-electron chi connectivity index (χ3n) is 12.9. The van der Waals surface area contributed by atoms with Gasteiger partial charge in [-0.3, -0.25) is 4.79 Å².